The van der Waals surface area contributed by atoms with Gasteiger partial charge in [0.15, 0.2) is 0 Å². The molecule has 1 N–H and O–H groups in total. The van der Waals surface area contributed by atoms with E-state index in [0.717, 1.165) is 61.3 Å². The van der Waals surface area contributed by atoms with E-state index in [2.05, 4.69) is 57.2 Å². The molecule has 0 bridgehead atoms. The quantitative estimate of drug-likeness (QED) is 0.162. The summed E-state index contributed by atoms with van der Waals surface area (Å²) in [7, 11) is 0. The van der Waals surface area contributed by atoms with Crippen molar-refractivity contribution in [1.82, 2.24) is 14.5 Å². The van der Waals surface area contributed by atoms with Crippen LogP contribution in [0, 0.1) is 26.8 Å². The fraction of sp³-hybridized carbons (Fsp3) is 0.192. The zero-order valence-corrected chi connectivity index (χ0v) is 35.6. The van der Waals surface area contributed by atoms with Gasteiger partial charge < -0.3 is 5.11 Å². The molecule has 57 heavy (non-hydrogen) atoms. The number of benzene rings is 6. The van der Waals surface area contributed by atoms with E-state index in [1.54, 1.807) is 6.07 Å². The number of rotatable bonds is 7. The van der Waals surface area contributed by atoms with Crippen molar-refractivity contribution in [3.8, 4) is 67.5 Å². The van der Waals surface area contributed by atoms with Crippen molar-refractivity contribution in [1.29, 1.82) is 0 Å². The maximum Gasteiger partial charge on any atom is 0.148 e. The number of aromatic nitrogens is 3. The Bertz CT molecular complexity index is 2900. The first kappa shape index (κ1) is 34.7. The van der Waals surface area contributed by atoms with E-state index in [1.165, 1.54) is 0 Å². The third-order valence-corrected chi connectivity index (χ3v) is 10.6. The van der Waals surface area contributed by atoms with Gasteiger partial charge in [-0.05, 0) is 107 Å². The number of para-hydroxylation sites is 1. The zero-order chi connectivity index (χ0) is 42.7. The molecule has 8 rings (SSSR count). The third-order valence-electron chi connectivity index (χ3n) is 10.6. The monoisotopic (exact) mass is 929 g/mol. The average Bonchev–Trinajstić information content (AvgIpc) is 3.61. The topological polar surface area (TPSA) is 50.9 Å². The predicted molar refractivity (Wildman–Crippen MR) is 234 cm³/mol. The van der Waals surface area contributed by atoms with Gasteiger partial charge in [-0.2, -0.15) is 0 Å². The van der Waals surface area contributed by atoms with Gasteiger partial charge in [-0.25, -0.2) is 4.98 Å². The molecule has 0 atom stereocenters. The largest absolute Gasteiger partial charge is 0.507 e. The molecule has 6 aromatic carbocycles. The summed E-state index contributed by atoms with van der Waals surface area (Å²) in [5, 5.41) is 11.6. The summed E-state index contributed by atoms with van der Waals surface area (Å²) < 4.78 is 36.2. The Balaban J connectivity index is 0.00000561. The van der Waals surface area contributed by atoms with Crippen LogP contribution in [-0.2, 0) is 26.5 Å². The molecule has 8 aromatic rings. The second kappa shape index (κ2) is 15.8. The Hall–Kier alpha value is -5.57. The number of imidazole rings is 1. The first-order chi connectivity index (χ1) is 28.4. The van der Waals surface area contributed by atoms with Gasteiger partial charge in [0.2, 0.25) is 0 Å². The number of fused-ring (bicyclic) bond motifs is 1. The van der Waals surface area contributed by atoms with E-state index < -0.39 is 12.7 Å². The summed E-state index contributed by atoms with van der Waals surface area (Å²) in [4.78, 5) is 10.2. The molecule has 5 heteroatoms. The van der Waals surface area contributed by atoms with Crippen molar-refractivity contribution in [2.45, 2.75) is 66.6 Å². The van der Waals surface area contributed by atoms with Gasteiger partial charge >= 0.3 is 0 Å². The van der Waals surface area contributed by atoms with Gasteiger partial charge in [0.1, 0.15) is 11.6 Å². The smallest absolute Gasteiger partial charge is 0.148 e. The standard InChI is InChI=1S/C52H48N3O.Pt/c1-32(2)36-17-19-37(20-18-36)39-23-24-53-47(31-39)41-28-40(29-42(30-41)52(6,7)8)45-15-12-16-48-49(45)54-51(46-26-33(3)25-35(5)50(46)56)55(48)43-21-22-44(34(4)27-43)38-13-10-9-11-14-38;/h9-27,29-32,56H,1-8H3;/q-1;/i4D3,32D;. The minimum atomic E-state index is -2.41. The van der Waals surface area contributed by atoms with Gasteiger partial charge in [0.25, 0.3) is 0 Å². The minimum absolute atomic E-state index is 0. The molecule has 0 saturated heterocycles. The summed E-state index contributed by atoms with van der Waals surface area (Å²) in [5.41, 5.74) is 13.1. The van der Waals surface area contributed by atoms with E-state index in [4.69, 9.17) is 15.5 Å². The summed E-state index contributed by atoms with van der Waals surface area (Å²) in [6, 6.07) is 45.2. The van der Waals surface area contributed by atoms with Crippen LogP contribution < -0.4 is 0 Å². The van der Waals surface area contributed by atoms with E-state index in [0.29, 0.717) is 33.7 Å². The molecule has 288 valence electrons. The molecule has 0 aliphatic rings. The molecule has 0 amide bonds. The second-order valence-electron chi connectivity index (χ2n) is 16.0. The maximum absolute atomic E-state index is 11.6. The van der Waals surface area contributed by atoms with Crippen LogP contribution >= 0.6 is 0 Å². The third kappa shape index (κ3) is 7.76. The molecule has 2 aromatic heterocycles. The number of nitrogens with zero attached hydrogens (tertiary/aromatic N) is 3. The number of hydrogen-bond donors (Lipinski definition) is 1. The molecule has 0 aliphatic heterocycles. The van der Waals surface area contributed by atoms with Crippen molar-refractivity contribution in [2.75, 3.05) is 0 Å². The van der Waals surface area contributed by atoms with E-state index in [-0.39, 0.29) is 37.8 Å². The summed E-state index contributed by atoms with van der Waals surface area (Å²) in [6.45, 7) is 11.8. The van der Waals surface area contributed by atoms with Crippen molar-refractivity contribution >= 4 is 11.0 Å². The molecule has 4 nitrogen and oxygen atoms in total. The van der Waals surface area contributed by atoms with E-state index in [1.807, 2.05) is 129 Å². The van der Waals surface area contributed by atoms with Gasteiger partial charge in [0.05, 0.1) is 16.6 Å². The second-order valence-corrected chi connectivity index (χ2v) is 16.0. The van der Waals surface area contributed by atoms with Crippen LogP contribution in [0.3, 0.4) is 0 Å². The van der Waals surface area contributed by atoms with Crippen LogP contribution in [-0.4, -0.2) is 19.6 Å². The van der Waals surface area contributed by atoms with Gasteiger partial charge in [-0.3, -0.25) is 9.55 Å². The Morgan fingerprint density at radius 1 is 0.719 bits per heavy atom. The van der Waals surface area contributed by atoms with Crippen molar-refractivity contribution in [3.63, 3.8) is 0 Å². The number of phenolic OH excluding ortho intramolecular Hbond substituents is 1. The Kier molecular flexibility index (Phi) is 9.58. The zero-order valence-electron chi connectivity index (χ0n) is 37.3. The van der Waals surface area contributed by atoms with Crippen LogP contribution in [0.5, 0.6) is 5.75 Å². The summed E-state index contributed by atoms with van der Waals surface area (Å²) in [6.07, 6.45) is 1.83. The minimum Gasteiger partial charge on any atom is -0.507 e. The first-order valence-corrected chi connectivity index (χ1v) is 19.0. The van der Waals surface area contributed by atoms with Crippen LogP contribution in [0.4, 0.5) is 0 Å². The van der Waals surface area contributed by atoms with Crippen molar-refractivity contribution in [2.24, 2.45) is 0 Å². The fourth-order valence-corrected chi connectivity index (χ4v) is 7.47. The van der Waals surface area contributed by atoms with Gasteiger partial charge in [-0.1, -0.05) is 131 Å². The molecule has 0 fully saturated rings. The predicted octanol–water partition coefficient (Wildman–Crippen LogP) is 13.6. The Labute approximate surface area is 357 Å². The van der Waals surface area contributed by atoms with Crippen LogP contribution in [0.25, 0.3) is 72.7 Å². The molecule has 0 unspecified atom stereocenters. The Morgan fingerprint density at radius 2 is 1.47 bits per heavy atom. The molecular formula is C52H48N3OPt-. The molecule has 0 radical (unpaired) electrons. The van der Waals surface area contributed by atoms with E-state index in [9.17, 15) is 5.11 Å². The number of aryl methyl sites for hydroxylation is 3. The van der Waals surface area contributed by atoms with Gasteiger partial charge in [0, 0.05) is 44.1 Å². The van der Waals surface area contributed by atoms with Gasteiger partial charge in [-0.15, -0.1) is 29.3 Å². The number of phenols is 1. The molecule has 0 aliphatic carbocycles. The Morgan fingerprint density at radius 3 is 2.19 bits per heavy atom. The van der Waals surface area contributed by atoms with Crippen molar-refractivity contribution in [3.05, 3.63) is 167 Å². The fourth-order valence-electron chi connectivity index (χ4n) is 7.47. The number of pyridine rings is 1. The van der Waals surface area contributed by atoms with Crippen LogP contribution in [0.15, 0.2) is 134 Å². The first-order valence-electron chi connectivity index (χ1n) is 21.0. The van der Waals surface area contributed by atoms with Crippen LogP contribution in [0.2, 0.25) is 0 Å². The SMILES string of the molecule is [2H]C([2H])([2H])c1cc(-n2c(-c3cc(C)cc(C)c3O)nc3c(-c4[c-]c(-c5cc(-c6ccc(C([2H])(C)C)cc6)ccn5)cc(C(C)(C)C)c4)cccc32)ccc1-c1ccccc1.[Pt]. The number of hydrogen-bond acceptors (Lipinski definition) is 3. The molecule has 0 spiro atoms. The summed E-state index contributed by atoms with van der Waals surface area (Å²) in [5.74, 6) is -0.0805. The molecule has 2 heterocycles. The van der Waals surface area contributed by atoms with Crippen LogP contribution in [0.1, 0.15) is 73.8 Å². The number of aromatic hydroxyl groups is 1. The average molecular weight is 930 g/mol. The summed E-state index contributed by atoms with van der Waals surface area (Å²) >= 11 is 0. The molecule has 0 saturated carbocycles. The van der Waals surface area contributed by atoms with Crippen molar-refractivity contribution < 1.29 is 31.7 Å². The maximum atomic E-state index is 11.6. The van der Waals surface area contributed by atoms with E-state index >= 15 is 0 Å². The molecular weight excluding hydrogens is 878 g/mol. The normalized spacial score (nSPS) is 13.0.